The van der Waals surface area contributed by atoms with Crippen LogP contribution in [0.4, 0.5) is 5.69 Å². The molecule has 1 aliphatic rings. The van der Waals surface area contributed by atoms with Gasteiger partial charge in [0.15, 0.2) is 0 Å². The van der Waals surface area contributed by atoms with Gasteiger partial charge in [0, 0.05) is 30.8 Å². The van der Waals surface area contributed by atoms with E-state index in [9.17, 15) is 18.5 Å². The van der Waals surface area contributed by atoms with Gasteiger partial charge in [0.25, 0.3) is 5.69 Å². The third kappa shape index (κ3) is 5.81. The van der Waals surface area contributed by atoms with Crippen LogP contribution < -0.4 is 4.72 Å². The fourth-order valence-corrected chi connectivity index (χ4v) is 4.99. The zero-order valence-electron chi connectivity index (χ0n) is 18.2. The van der Waals surface area contributed by atoms with E-state index in [-0.39, 0.29) is 16.5 Å². The highest BCUT2D eigenvalue weighted by atomic mass is 32.2. The largest absolute Gasteiger partial charge is 0.338 e. The fourth-order valence-electron chi connectivity index (χ4n) is 3.88. The van der Waals surface area contributed by atoms with Gasteiger partial charge in [0.05, 0.1) is 16.4 Å². The van der Waals surface area contributed by atoms with E-state index in [0.29, 0.717) is 36.9 Å². The molecule has 0 spiro atoms. The van der Waals surface area contributed by atoms with E-state index in [2.05, 4.69) is 19.8 Å². The Balaban J connectivity index is 1.34. The first-order valence-corrected chi connectivity index (χ1v) is 12.1. The molecule has 1 unspecified atom stereocenters. The van der Waals surface area contributed by atoms with Crippen LogP contribution in [0.1, 0.15) is 24.3 Å². The first-order valence-electron chi connectivity index (χ1n) is 10.7. The Hall–Kier alpha value is -3.15. The van der Waals surface area contributed by atoms with Crippen LogP contribution in [0, 0.1) is 23.0 Å². The number of non-ortho nitro benzene ring substituents is 1. The normalized spacial score (nSPS) is 17.2. The van der Waals surface area contributed by atoms with E-state index >= 15 is 0 Å². The summed E-state index contributed by atoms with van der Waals surface area (Å²) in [5.74, 6) is 0.878. The highest BCUT2D eigenvalue weighted by molar-refractivity contribution is 7.89. The summed E-state index contributed by atoms with van der Waals surface area (Å²) in [5, 5.41) is 14.9. The van der Waals surface area contributed by atoms with E-state index in [1.807, 2.05) is 6.92 Å². The lowest BCUT2D eigenvalue weighted by atomic mass is 9.98. The van der Waals surface area contributed by atoms with Crippen molar-refractivity contribution in [2.24, 2.45) is 5.92 Å². The van der Waals surface area contributed by atoms with Crippen LogP contribution in [0.15, 0.2) is 57.9 Å². The Morgan fingerprint density at radius 2 is 2.03 bits per heavy atom. The third-order valence-corrected chi connectivity index (χ3v) is 7.08. The SMILES string of the molecule is Cc1ccc(S(=O)(=O)NCC2CCCN(Cc3nc(-c4cccc([N+](=O)[O-])c4)no3)C2)cc1. The summed E-state index contributed by atoms with van der Waals surface area (Å²) < 4.78 is 33.2. The van der Waals surface area contributed by atoms with E-state index in [4.69, 9.17) is 4.52 Å². The first kappa shape index (κ1) is 23.0. The molecular weight excluding hydrogens is 446 g/mol. The van der Waals surface area contributed by atoms with E-state index in [0.717, 1.165) is 24.9 Å². The number of aromatic nitrogens is 2. The molecule has 1 atom stereocenters. The minimum atomic E-state index is -3.55. The number of aryl methyl sites for hydroxylation is 1. The summed E-state index contributed by atoms with van der Waals surface area (Å²) in [6, 6.07) is 12.9. The number of nitro groups is 1. The number of hydrogen-bond acceptors (Lipinski definition) is 8. The van der Waals surface area contributed by atoms with Gasteiger partial charge in [-0.2, -0.15) is 4.98 Å². The summed E-state index contributed by atoms with van der Waals surface area (Å²) >= 11 is 0. The van der Waals surface area contributed by atoms with Crippen LogP contribution in [0.5, 0.6) is 0 Å². The number of sulfonamides is 1. The number of nitrogens with one attached hydrogen (secondary N) is 1. The molecule has 11 heteroatoms. The smallest absolute Gasteiger partial charge is 0.270 e. The Morgan fingerprint density at radius 1 is 1.24 bits per heavy atom. The third-order valence-electron chi connectivity index (χ3n) is 5.64. The predicted molar refractivity (Wildman–Crippen MR) is 121 cm³/mol. The van der Waals surface area contributed by atoms with E-state index in [1.165, 1.54) is 12.1 Å². The van der Waals surface area contributed by atoms with Gasteiger partial charge in [-0.15, -0.1) is 0 Å². The van der Waals surface area contributed by atoms with Crippen molar-refractivity contribution in [3.05, 3.63) is 70.1 Å². The molecule has 1 fully saturated rings. The zero-order chi connectivity index (χ0) is 23.4. The molecular formula is C22H25N5O5S. The molecule has 0 bridgehead atoms. The minimum Gasteiger partial charge on any atom is -0.338 e. The van der Waals surface area contributed by atoms with Gasteiger partial charge in [-0.3, -0.25) is 15.0 Å². The maximum absolute atomic E-state index is 12.6. The monoisotopic (exact) mass is 471 g/mol. The Kier molecular flexibility index (Phi) is 6.82. The van der Waals surface area contributed by atoms with E-state index in [1.54, 1.807) is 36.4 Å². The summed E-state index contributed by atoms with van der Waals surface area (Å²) in [6.45, 7) is 4.25. The van der Waals surface area contributed by atoms with Gasteiger partial charge in [-0.1, -0.05) is 35.0 Å². The van der Waals surface area contributed by atoms with Gasteiger partial charge >= 0.3 is 0 Å². The second kappa shape index (κ2) is 9.77. The molecule has 1 aromatic heterocycles. The number of nitrogens with zero attached hydrogens (tertiary/aromatic N) is 4. The van der Waals surface area contributed by atoms with Crippen molar-refractivity contribution in [1.82, 2.24) is 19.8 Å². The van der Waals surface area contributed by atoms with Crippen LogP contribution >= 0.6 is 0 Å². The average Bonchev–Trinajstić information content (AvgIpc) is 3.27. The molecule has 1 N–H and O–H groups in total. The van der Waals surface area contributed by atoms with Gasteiger partial charge in [0.1, 0.15) is 0 Å². The Labute approximate surface area is 191 Å². The molecule has 2 heterocycles. The van der Waals surface area contributed by atoms with Gasteiger partial charge in [-0.25, -0.2) is 13.1 Å². The molecule has 0 aliphatic carbocycles. The highest BCUT2D eigenvalue weighted by Crippen LogP contribution is 2.23. The molecule has 174 valence electrons. The van der Waals surface area contributed by atoms with Crippen LogP contribution in [0.3, 0.4) is 0 Å². The van der Waals surface area contributed by atoms with Crippen molar-refractivity contribution in [3.63, 3.8) is 0 Å². The number of piperidine rings is 1. The van der Waals surface area contributed by atoms with Crippen LogP contribution in [-0.2, 0) is 16.6 Å². The summed E-state index contributed by atoms with van der Waals surface area (Å²) in [6.07, 6.45) is 1.86. The molecule has 1 aliphatic heterocycles. The van der Waals surface area contributed by atoms with Crippen LogP contribution in [0.25, 0.3) is 11.4 Å². The molecule has 0 saturated carbocycles. The topological polar surface area (TPSA) is 131 Å². The number of hydrogen-bond donors (Lipinski definition) is 1. The summed E-state index contributed by atoms with van der Waals surface area (Å²) in [5.41, 5.74) is 1.48. The van der Waals surface area contributed by atoms with Crippen molar-refractivity contribution in [3.8, 4) is 11.4 Å². The highest BCUT2D eigenvalue weighted by Gasteiger charge is 2.24. The van der Waals surface area contributed by atoms with Crippen molar-refractivity contribution < 1.29 is 17.9 Å². The maximum atomic E-state index is 12.6. The lowest BCUT2D eigenvalue weighted by molar-refractivity contribution is -0.384. The molecule has 33 heavy (non-hydrogen) atoms. The van der Waals surface area contributed by atoms with Crippen molar-refractivity contribution >= 4 is 15.7 Å². The fraction of sp³-hybridized carbons (Fsp3) is 0.364. The average molecular weight is 472 g/mol. The van der Waals surface area contributed by atoms with Crippen LogP contribution in [0.2, 0.25) is 0 Å². The Bertz CT molecular complexity index is 1230. The zero-order valence-corrected chi connectivity index (χ0v) is 19.0. The molecule has 10 nitrogen and oxygen atoms in total. The molecule has 2 aromatic carbocycles. The second-order valence-electron chi connectivity index (χ2n) is 8.23. The summed E-state index contributed by atoms with van der Waals surface area (Å²) in [4.78, 5) is 17.3. The van der Waals surface area contributed by atoms with Crippen molar-refractivity contribution in [2.45, 2.75) is 31.2 Å². The lowest BCUT2D eigenvalue weighted by Gasteiger charge is -2.31. The second-order valence-corrected chi connectivity index (χ2v) is 9.99. The Morgan fingerprint density at radius 3 is 2.79 bits per heavy atom. The summed E-state index contributed by atoms with van der Waals surface area (Å²) in [7, 11) is -3.55. The molecule has 1 saturated heterocycles. The predicted octanol–water partition coefficient (Wildman–Crippen LogP) is 3.14. The number of rotatable bonds is 8. The van der Waals surface area contributed by atoms with Gasteiger partial charge < -0.3 is 4.52 Å². The minimum absolute atomic E-state index is 0.0363. The quantitative estimate of drug-likeness (QED) is 0.391. The first-order chi connectivity index (χ1) is 15.8. The number of likely N-dealkylation sites (tertiary alicyclic amines) is 1. The lowest BCUT2D eigenvalue weighted by Crippen LogP contribution is -2.40. The van der Waals surface area contributed by atoms with Crippen molar-refractivity contribution in [2.75, 3.05) is 19.6 Å². The van der Waals surface area contributed by atoms with Gasteiger partial charge in [-0.05, 0) is 44.4 Å². The number of nitro benzene ring substituents is 1. The van der Waals surface area contributed by atoms with E-state index < -0.39 is 14.9 Å². The molecule has 0 radical (unpaired) electrons. The van der Waals surface area contributed by atoms with Crippen molar-refractivity contribution in [1.29, 1.82) is 0 Å². The number of benzene rings is 2. The molecule has 3 aromatic rings. The molecule has 4 rings (SSSR count). The molecule has 0 amide bonds. The maximum Gasteiger partial charge on any atom is 0.270 e. The van der Waals surface area contributed by atoms with Gasteiger partial charge in [0.2, 0.25) is 21.7 Å². The van der Waals surface area contributed by atoms with Crippen LogP contribution in [-0.4, -0.2) is 48.0 Å². The standard InChI is InChI=1S/C22H25N5O5S/c1-16-7-9-20(10-8-16)33(30,31)23-13-17-4-3-11-26(14-17)15-21-24-22(25-32-21)18-5-2-6-19(12-18)27(28)29/h2,5-10,12,17,23H,3-4,11,13-15H2,1H3.